The predicted molar refractivity (Wildman–Crippen MR) is 69.5 cm³/mol. The summed E-state index contributed by atoms with van der Waals surface area (Å²) in [6.07, 6.45) is 1.56. The maximum Gasteiger partial charge on any atom is 0.160 e. The van der Waals surface area contributed by atoms with Crippen molar-refractivity contribution in [1.29, 1.82) is 0 Å². The average molecular weight is 232 g/mol. The molecule has 4 heteroatoms. The number of amidine groups is 1. The van der Waals surface area contributed by atoms with Crippen molar-refractivity contribution >= 4 is 23.5 Å². The molecule has 0 spiro atoms. The maximum absolute atomic E-state index is 4.57. The van der Waals surface area contributed by atoms with Crippen LogP contribution in [0.3, 0.4) is 0 Å². The Balaban J connectivity index is 1.95. The van der Waals surface area contributed by atoms with Crippen LogP contribution in [0.5, 0.6) is 0 Å². The normalized spacial score (nSPS) is 14.6. The van der Waals surface area contributed by atoms with E-state index in [1.807, 2.05) is 42.5 Å². The fourth-order valence-corrected chi connectivity index (χ4v) is 2.10. The van der Waals surface area contributed by atoms with Crippen LogP contribution in [-0.4, -0.2) is 12.2 Å². The number of rotatable bonds is 1. The molecule has 0 N–H and O–H groups in total. The Bertz CT molecular complexity index is 817. The third kappa shape index (κ3) is 1.26. The third-order valence-electron chi connectivity index (χ3n) is 2.97. The minimum absolute atomic E-state index is 0.737. The fourth-order valence-electron chi connectivity index (χ4n) is 2.10. The van der Waals surface area contributed by atoms with Crippen LogP contribution in [0.2, 0.25) is 0 Å². The Labute approximate surface area is 103 Å². The first kappa shape index (κ1) is 9.41. The van der Waals surface area contributed by atoms with E-state index in [-0.39, 0.29) is 0 Å². The highest BCUT2D eigenvalue weighted by molar-refractivity contribution is 6.02. The van der Waals surface area contributed by atoms with Gasteiger partial charge < -0.3 is 0 Å². The van der Waals surface area contributed by atoms with Gasteiger partial charge >= 0.3 is 0 Å². The van der Waals surface area contributed by atoms with Gasteiger partial charge in [-0.05, 0) is 12.1 Å². The van der Waals surface area contributed by atoms with Gasteiger partial charge in [-0.1, -0.05) is 30.3 Å². The zero-order valence-corrected chi connectivity index (χ0v) is 9.41. The summed E-state index contributed by atoms with van der Waals surface area (Å²) in [6.45, 7) is 0. The van der Waals surface area contributed by atoms with Crippen LogP contribution in [-0.2, 0) is 0 Å². The molecule has 2 aliphatic heterocycles. The van der Waals surface area contributed by atoms with Crippen molar-refractivity contribution in [3.05, 3.63) is 58.7 Å². The smallest absolute Gasteiger partial charge is 0.160 e. The Morgan fingerprint density at radius 3 is 2.44 bits per heavy atom. The molecule has 0 bridgehead atoms. The minimum Gasteiger partial charge on any atom is -0.235 e. The summed E-state index contributed by atoms with van der Waals surface area (Å²) >= 11 is 0. The summed E-state index contributed by atoms with van der Waals surface area (Å²) < 4.78 is 0. The maximum atomic E-state index is 4.57. The lowest BCUT2D eigenvalue weighted by Crippen LogP contribution is -2.23. The average Bonchev–Trinajstić information content (AvgIpc) is 3.05. The molecule has 18 heavy (non-hydrogen) atoms. The molecular weight excluding hydrogens is 224 g/mol. The van der Waals surface area contributed by atoms with Crippen LogP contribution in [0.4, 0.5) is 11.4 Å². The molecule has 0 saturated carbocycles. The first-order valence-corrected chi connectivity index (χ1v) is 5.68. The summed E-state index contributed by atoms with van der Waals surface area (Å²) in [5, 5.41) is 1.64. The molecule has 2 aromatic carbocycles. The van der Waals surface area contributed by atoms with Crippen LogP contribution in [0.1, 0.15) is 5.56 Å². The van der Waals surface area contributed by atoms with Gasteiger partial charge in [0.2, 0.25) is 0 Å². The van der Waals surface area contributed by atoms with E-state index < -0.39 is 0 Å². The van der Waals surface area contributed by atoms with Gasteiger partial charge in [-0.25, -0.2) is 20.0 Å². The number of hydrogen-bond acceptors (Lipinski definition) is 4. The number of nitrogens with zero attached hydrogens (tertiary/aromatic N) is 4. The number of hydrogen-bond donors (Lipinski definition) is 0. The monoisotopic (exact) mass is 232 g/mol. The van der Waals surface area contributed by atoms with Gasteiger partial charge in [0.05, 0.1) is 11.4 Å². The highest BCUT2D eigenvalue weighted by Crippen LogP contribution is 2.17. The lowest BCUT2D eigenvalue weighted by atomic mass is 10.2. The Hall–Kier alpha value is -2.62. The number of benzene rings is 2. The molecule has 2 heterocycles. The zero-order valence-electron chi connectivity index (χ0n) is 9.41. The van der Waals surface area contributed by atoms with Gasteiger partial charge in [0.25, 0.3) is 0 Å². The van der Waals surface area contributed by atoms with Crippen molar-refractivity contribution in [3.8, 4) is 0 Å². The zero-order chi connectivity index (χ0) is 11.9. The molecule has 4 nitrogen and oxygen atoms in total. The van der Waals surface area contributed by atoms with Crippen molar-refractivity contribution in [2.24, 2.45) is 20.0 Å². The fraction of sp³-hybridized carbons (Fsp3) is 0. The van der Waals surface area contributed by atoms with Gasteiger partial charge in [0.1, 0.15) is 17.1 Å². The summed E-state index contributed by atoms with van der Waals surface area (Å²) in [5.74, 6) is 0.737. The van der Waals surface area contributed by atoms with Gasteiger partial charge in [0.15, 0.2) is 5.84 Å². The second kappa shape index (κ2) is 3.43. The molecule has 0 aromatic heterocycles. The molecule has 0 unspecified atom stereocenters. The summed E-state index contributed by atoms with van der Waals surface area (Å²) in [5.41, 5.74) is 2.74. The summed E-state index contributed by atoms with van der Waals surface area (Å²) in [7, 11) is 0. The third-order valence-corrected chi connectivity index (χ3v) is 2.97. The van der Waals surface area contributed by atoms with E-state index >= 15 is 0 Å². The van der Waals surface area contributed by atoms with Crippen molar-refractivity contribution in [2.75, 3.05) is 0 Å². The Kier molecular flexibility index (Phi) is 1.80. The van der Waals surface area contributed by atoms with E-state index in [4.69, 9.17) is 0 Å². The first-order valence-electron chi connectivity index (χ1n) is 5.68. The highest BCUT2D eigenvalue weighted by Gasteiger charge is 2.14. The molecule has 0 aliphatic carbocycles. The van der Waals surface area contributed by atoms with Crippen LogP contribution in [0, 0.1) is 0 Å². The lowest BCUT2D eigenvalue weighted by molar-refractivity contribution is 1.32. The quantitative estimate of drug-likeness (QED) is 0.718. The van der Waals surface area contributed by atoms with E-state index in [2.05, 4.69) is 20.0 Å². The Morgan fingerprint density at radius 1 is 0.722 bits per heavy atom. The SMILES string of the molecule is C1=Nc2ccc3c(c2=N1)=NC(c1ccccc1)=N3. The molecule has 84 valence electrons. The van der Waals surface area contributed by atoms with E-state index in [1.165, 1.54) is 0 Å². The molecule has 0 atom stereocenters. The lowest BCUT2D eigenvalue weighted by Gasteiger charge is -1.94. The van der Waals surface area contributed by atoms with E-state index in [1.54, 1.807) is 6.34 Å². The summed E-state index contributed by atoms with van der Waals surface area (Å²) in [4.78, 5) is 17.5. The van der Waals surface area contributed by atoms with Crippen molar-refractivity contribution < 1.29 is 0 Å². The molecule has 0 saturated heterocycles. The van der Waals surface area contributed by atoms with Crippen LogP contribution in [0.25, 0.3) is 0 Å². The topological polar surface area (TPSA) is 49.4 Å². The molecule has 4 rings (SSSR count). The first-order chi connectivity index (χ1) is 8.92. The van der Waals surface area contributed by atoms with Crippen LogP contribution >= 0.6 is 0 Å². The minimum atomic E-state index is 0.737. The molecule has 0 fully saturated rings. The van der Waals surface area contributed by atoms with Crippen LogP contribution < -0.4 is 10.7 Å². The predicted octanol–water partition coefficient (Wildman–Crippen LogP) is 1.69. The van der Waals surface area contributed by atoms with Gasteiger partial charge in [0, 0.05) is 5.56 Å². The molecule has 2 aromatic rings. The van der Waals surface area contributed by atoms with Crippen molar-refractivity contribution in [3.63, 3.8) is 0 Å². The molecule has 2 aliphatic rings. The molecular formula is C14H8N4. The number of fused-ring (bicyclic) bond motifs is 3. The summed E-state index contributed by atoms with van der Waals surface area (Å²) in [6, 6.07) is 13.8. The van der Waals surface area contributed by atoms with E-state index in [0.717, 1.165) is 33.5 Å². The second-order valence-corrected chi connectivity index (χ2v) is 4.09. The van der Waals surface area contributed by atoms with E-state index in [0.29, 0.717) is 0 Å². The Morgan fingerprint density at radius 2 is 1.56 bits per heavy atom. The van der Waals surface area contributed by atoms with Crippen LogP contribution in [0.15, 0.2) is 62.4 Å². The van der Waals surface area contributed by atoms with Gasteiger partial charge in [-0.2, -0.15) is 0 Å². The van der Waals surface area contributed by atoms with Gasteiger partial charge in [-0.3, -0.25) is 0 Å². The standard InChI is InChI=1S/C14H8N4/c1-2-4-9(5-3-1)14-17-11-7-6-10-12(13(11)18-14)16-8-15-10/h1-8H. The largest absolute Gasteiger partial charge is 0.235 e. The van der Waals surface area contributed by atoms with Crippen molar-refractivity contribution in [1.82, 2.24) is 0 Å². The highest BCUT2D eigenvalue weighted by atomic mass is 15.0. The second-order valence-electron chi connectivity index (χ2n) is 4.09. The van der Waals surface area contributed by atoms with E-state index in [9.17, 15) is 0 Å². The van der Waals surface area contributed by atoms with Crippen molar-refractivity contribution in [2.45, 2.75) is 0 Å². The molecule has 0 radical (unpaired) electrons. The number of aliphatic imine (C=N–C) groups is 2. The van der Waals surface area contributed by atoms with Gasteiger partial charge in [-0.15, -0.1) is 0 Å². The molecule has 0 amide bonds.